The topological polar surface area (TPSA) is 61.8 Å². The number of carbonyl (C=O) groups is 2. The maximum absolute atomic E-state index is 13.0. The van der Waals surface area contributed by atoms with Gasteiger partial charge < -0.3 is 14.2 Å². The van der Waals surface area contributed by atoms with E-state index in [4.69, 9.17) is 9.47 Å². The van der Waals surface area contributed by atoms with Crippen LogP contribution in [0.1, 0.15) is 80.6 Å². The molecule has 0 aliphatic carbocycles. The molecule has 0 spiro atoms. The van der Waals surface area contributed by atoms with Crippen LogP contribution in [0, 0.1) is 0 Å². The summed E-state index contributed by atoms with van der Waals surface area (Å²) >= 11 is 0. The molecule has 208 valence electrons. The van der Waals surface area contributed by atoms with Gasteiger partial charge in [-0.05, 0) is 54.5 Å². The van der Waals surface area contributed by atoms with E-state index in [0.29, 0.717) is 12.2 Å². The molecule has 38 heavy (non-hydrogen) atoms. The Hall–Kier alpha value is -3.36. The molecule has 0 unspecified atom stereocenters. The third-order valence-corrected chi connectivity index (χ3v) is 5.59. The van der Waals surface area contributed by atoms with Crippen LogP contribution in [0.3, 0.4) is 0 Å². The smallest absolute Gasteiger partial charge is 0.461 e. The van der Waals surface area contributed by atoms with Crippen LogP contribution in [0.5, 0.6) is 11.5 Å². The molecule has 9 heteroatoms. The summed E-state index contributed by atoms with van der Waals surface area (Å²) in [5.41, 5.74) is 0.697. The summed E-state index contributed by atoms with van der Waals surface area (Å²) in [6, 6.07) is 10.5. The average molecular weight is 539 g/mol. The quantitative estimate of drug-likeness (QED) is 0.0667. The lowest BCUT2D eigenvalue weighted by Gasteiger charge is -2.16. The lowest BCUT2D eigenvalue weighted by molar-refractivity contribution is -0.253. The normalized spacial score (nSPS) is 11.6. The van der Waals surface area contributed by atoms with Crippen LogP contribution in [0.2, 0.25) is 0 Å². The summed E-state index contributed by atoms with van der Waals surface area (Å²) in [6.45, 7) is 2.59. The maximum atomic E-state index is 13.0. The molecule has 0 saturated carbocycles. The highest BCUT2D eigenvalue weighted by atomic mass is 19.3. The summed E-state index contributed by atoms with van der Waals surface area (Å²) < 4.78 is 64.7. The standard InChI is InChI=1S/C29H34F4O5/c1-2-3-4-5-6-7-8-9-10-21-36-26(34)20-13-22-11-16-24(17-12-22)37-27(35)23-14-18-25(19-15-23)38-29(32,33)28(30)31/h11-20,28H,2-10,21H2,1H3. The van der Waals surface area contributed by atoms with Crippen molar-refractivity contribution in [2.45, 2.75) is 77.2 Å². The molecule has 2 rings (SSSR count). The van der Waals surface area contributed by atoms with Crippen molar-refractivity contribution < 1.29 is 41.4 Å². The molecule has 0 aliphatic heterocycles. The predicted octanol–water partition coefficient (Wildman–Crippen LogP) is 8.23. The van der Waals surface area contributed by atoms with Crippen LogP contribution < -0.4 is 9.47 Å². The van der Waals surface area contributed by atoms with Crippen LogP contribution in [-0.2, 0) is 9.53 Å². The van der Waals surface area contributed by atoms with Crippen molar-refractivity contribution in [2.24, 2.45) is 0 Å². The van der Waals surface area contributed by atoms with Crippen LogP contribution in [0.25, 0.3) is 6.08 Å². The van der Waals surface area contributed by atoms with E-state index in [0.717, 1.165) is 43.5 Å². The average Bonchev–Trinajstić information content (AvgIpc) is 2.89. The van der Waals surface area contributed by atoms with Gasteiger partial charge in [-0.2, -0.15) is 17.6 Å². The molecule has 0 amide bonds. The van der Waals surface area contributed by atoms with Crippen molar-refractivity contribution in [3.63, 3.8) is 0 Å². The van der Waals surface area contributed by atoms with Crippen molar-refractivity contribution in [2.75, 3.05) is 6.61 Å². The third kappa shape index (κ3) is 11.8. The Morgan fingerprint density at radius 1 is 0.816 bits per heavy atom. The fourth-order valence-electron chi connectivity index (χ4n) is 3.47. The highest BCUT2D eigenvalue weighted by molar-refractivity contribution is 5.91. The first-order valence-corrected chi connectivity index (χ1v) is 12.8. The number of rotatable bonds is 17. The molecule has 0 aromatic heterocycles. The number of esters is 2. The summed E-state index contributed by atoms with van der Waals surface area (Å²) in [5, 5.41) is 0. The number of carbonyl (C=O) groups excluding carboxylic acids is 2. The number of unbranched alkanes of at least 4 members (excludes halogenated alkanes) is 8. The lowest BCUT2D eigenvalue weighted by Crippen LogP contribution is -2.33. The number of hydrogen-bond acceptors (Lipinski definition) is 5. The SMILES string of the molecule is CCCCCCCCCCCOC(=O)C=Cc1ccc(OC(=O)c2ccc(OC(F)(F)C(F)F)cc2)cc1. The number of benzene rings is 2. The molecular formula is C29H34F4O5. The Morgan fingerprint density at radius 3 is 1.95 bits per heavy atom. The Bertz CT molecular complexity index is 1000. The zero-order chi connectivity index (χ0) is 27.8. The van der Waals surface area contributed by atoms with Crippen molar-refractivity contribution in [1.29, 1.82) is 0 Å². The van der Waals surface area contributed by atoms with E-state index in [2.05, 4.69) is 11.7 Å². The zero-order valence-corrected chi connectivity index (χ0v) is 21.5. The summed E-state index contributed by atoms with van der Waals surface area (Å²) in [7, 11) is 0. The van der Waals surface area contributed by atoms with E-state index in [1.165, 1.54) is 56.7 Å². The van der Waals surface area contributed by atoms with Gasteiger partial charge >= 0.3 is 24.5 Å². The van der Waals surface area contributed by atoms with E-state index in [1.807, 2.05) is 0 Å². The molecule has 2 aromatic carbocycles. The van der Waals surface area contributed by atoms with Crippen LogP contribution in [0.4, 0.5) is 17.6 Å². The van der Waals surface area contributed by atoms with Crippen LogP contribution in [-0.4, -0.2) is 31.1 Å². The first kappa shape index (κ1) is 30.9. The summed E-state index contributed by atoms with van der Waals surface area (Å²) in [5.74, 6) is -1.52. The number of ether oxygens (including phenoxy) is 3. The second-order valence-corrected chi connectivity index (χ2v) is 8.78. The highest BCUT2D eigenvalue weighted by Gasteiger charge is 2.43. The van der Waals surface area contributed by atoms with Gasteiger partial charge in [0.2, 0.25) is 0 Å². The largest absolute Gasteiger partial charge is 0.463 e. The maximum Gasteiger partial charge on any atom is 0.461 e. The first-order valence-electron chi connectivity index (χ1n) is 12.8. The Balaban J connectivity index is 1.69. The van der Waals surface area contributed by atoms with E-state index in [1.54, 1.807) is 18.2 Å². The van der Waals surface area contributed by atoms with E-state index >= 15 is 0 Å². The molecule has 0 N–H and O–H groups in total. The van der Waals surface area contributed by atoms with E-state index < -0.39 is 30.2 Å². The molecule has 5 nitrogen and oxygen atoms in total. The lowest BCUT2D eigenvalue weighted by atomic mass is 10.1. The third-order valence-electron chi connectivity index (χ3n) is 5.59. The second-order valence-electron chi connectivity index (χ2n) is 8.78. The molecule has 0 aliphatic rings. The Kier molecular flexibility index (Phi) is 13.4. The van der Waals surface area contributed by atoms with Gasteiger partial charge in [-0.15, -0.1) is 0 Å². The number of hydrogen-bond donors (Lipinski definition) is 0. The first-order chi connectivity index (χ1) is 18.2. The summed E-state index contributed by atoms with van der Waals surface area (Å²) in [4.78, 5) is 24.1. The minimum Gasteiger partial charge on any atom is -0.463 e. The van der Waals surface area contributed by atoms with Gasteiger partial charge in [0.25, 0.3) is 0 Å². The highest BCUT2D eigenvalue weighted by Crippen LogP contribution is 2.27. The molecule has 0 bridgehead atoms. The molecule has 0 atom stereocenters. The van der Waals surface area contributed by atoms with Gasteiger partial charge in [-0.25, -0.2) is 9.59 Å². The zero-order valence-electron chi connectivity index (χ0n) is 21.5. The predicted molar refractivity (Wildman–Crippen MR) is 137 cm³/mol. The van der Waals surface area contributed by atoms with Gasteiger partial charge in [0.15, 0.2) is 0 Å². The van der Waals surface area contributed by atoms with E-state index in [9.17, 15) is 27.2 Å². The molecular weight excluding hydrogens is 504 g/mol. The van der Waals surface area contributed by atoms with Crippen LogP contribution in [0.15, 0.2) is 54.6 Å². The van der Waals surface area contributed by atoms with Crippen molar-refractivity contribution in [3.05, 3.63) is 65.7 Å². The van der Waals surface area contributed by atoms with Gasteiger partial charge in [-0.3, -0.25) is 0 Å². The minimum absolute atomic E-state index is 0.0106. The van der Waals surface area contributed by atoms with Crippen molar-refractivity contribution >= 4 is 18.0 Å². The Morgan fingerprint density at radius 2 is 1.37 bits per heavy atom. The second kappa shape index (κ2) is 16.5. The number of alkyl halides is 4. The monoisotopic (exact) mass is 538 g/mol. The van der Waals surface area contributed by atoms with Gasteiger partial charge in [0, 0.05) is 6.08 Å². The molecule has 0 saturated heterocycles. The fraction of sp³-hybridized carbons (Fsp3) is 0.448. The minimum atomic E-state index is -4.64. The van der Waals surface area contributed by atoms with Crippen LogP contribution >= 0.6 is 0 Å². The number of halogens is 4. The van der Waals surface area contributed by atoms with Crippen molar-refractivity contribution in [1.82, 2.24) is 0 Å². The van der Waals surface area contributed by atoms with E-state index in [-0.39, 0.29) is 11.3 Å². The van der Waals surface area contributed by atoms with Gasteiger partial charge in [0.1, 0.15) is 11.5 Å². The van der Waals surface area contributed by atoms with Gasteiger partial charge in [-0.1, -0.05) is 70.4 Å². The van der Waals surface area contributed by atoms with Crippen molar-refractivity contribution in [3.8, 4) is 11.5 Å². The molecule has 0 radical (unpaired) electrons. The van der Waals surface area contributed by atoms with Gasteiger partial charge in [0.05, 0.1) is 12.2 Å². The summed E-state index contributed by atoms with van der Waals surface area (Å²) in [6.07, 6.45) is 4.95. The molecule has 0 heterocycles. The molecule has 0 fully saturated rings. The fourth-order valence-corrected chi connectivity index (χ4v) is 3.47. The Labute approximate surface area is 220 Å². The molecule has 2 aromatic rings.